The van der Waals surface area contributed by atoms with E-state index in [0.29, 0.717) is 0 Å². The standard InChI is InChI=1S/C19H11ClNO.BF4/c20-13-9-10-14-15(11-13)16-7-4-8-17-21(16)18(14)19(22-17)12-5-2-1-3-6-12;2-1(3,4)5/h1-11H;/q+1;-1. The number of oxazole rings is 1. The summed E-state index contributed by atoms with van der Waals surface area (Å²) in [7, 11) is -6.00. The van der Waals surface area contributed by atoms with Gasteiger partial charge in [-0.3, -0.25) is 0 Å². The van der Waals surface area contributed by atoms with E-state index in [2.05, 4.69) is 28.7 Å². The van der Waals surface area contributed by atoms with Crippen LogP contribution in [0, 0.1) is 0 Å². The summed E-state index contributed by atoms with van der Waals surface area (Å²) in [6, 6.07) is 22.3. The van der Waals surface area contributed by atoms with Crippen LogP contribution >= 0.6 is 11.6 Å². The number of benzene rings is 2. The summed E-state index contributed by atoms with van der Waals surface area (Å²) >= 11 is 6.19. The fourth-order valence-corrected chi connectivity index (χ4v) is 3.40. The summed E-state index contributed by atoms with van der Waals surface area (Å²) < 4.78 is 47.3. The number of halogens is 5. The predicted molar refractivity (Wildman–Crippen MR) is 96.9 cm³/mol. The zero-order chi connectivity index (χ0) is 19.2. The first-order valence-electron chi connectivity index (χ1n) is 8.03. The molecule has 0 radical (unpaired) electrons. The Morgan fingerprint density at radius 2 is 1.52 bits per heavy atom. The third-order valence-electron chi connectivity index (χ3n) is 4.15. The average Bonchev–Trinajstić information content (AvgIpc) is 3.15. The van der Waals surface area contributed by atoms with Crippen molar-refractivity contribution in [3.63, 3.8) is 0 Å². The summed E-state index contributed by atoms with van der Waals surface area (Å²) in [5, 5.41) is 0.750. The molecule has 4 aromatic rings. The van der Waals surface area contributed by atoms with Gasteiger partial charge < -0.3 is 21.7 Å². The van der Waals surface area contributed by atoms with Crippen molar-refractivity contribution in [1.82, 2.24) is 0 Å². The monoisotopic (exact) mass is 391 g/mol. The molecule has 1 aliphatic rings. The van der Waals surface area contributed by atoms with Crippen LogP contribution in [0.2, 0.25) is 5.02 Å². The topological polar surface area (TPSA) is 17.2 Å². The van der Waals surface area contributed by atoms with Crippen LogP contribution in [-0.4, -0.2) is 7.25 Å². The molecule has 0 unspecified atom stereocenters. The smallest absolute Gasteiger partial charge is 0.418 e. The second kappa shape index (κ2) is 6.42. The predicted octanol–water partition coefficient (Wildman–Crippen LogP) is 6.29. The highest BCUT2D eigenvalue weighted by Gasteiger charge is 2.37. The van der Waals surface area contributed by atoms with E-state index in [1.165, 1.54) is 0 Å². The molecule has 0 saturated carbocycles. The Bertz CT molecular complexity index is 1140. The molecule has 0 N–H and O–H groups in total. The third kappa shape index (κ3) is 3.30. The number of rotatable bonds is 1. The van der Waals surface area contributed by atoms with Gasteiger partial charge in [-0.25, -0.2) is 0 Å². The van der Waals surface area contributed by atoms with Crippen LogP contribution < -0.4 is 4.40 Å². The van der Waals surface area contributed by atoms with Gasteiger partial charge in [0.25, 0.3) is 5.69 Å². The molecule has 8 heteroatoms. The van der Waals surface area contributed by atoms with E-state index < -0.39 is 7.25 Å². The van der Waals surface area contributed by atoms with Crippen LogP contribution in [0.4, 0.5) is 17.3 Å². The quantitative estimate of drug-likeness (QED) is 0.187. The van der Waals surface area contributed by atoms with E-state index in [1.54, 1.807) is 0 Å². The second-order valence-corrected chi connectivity index (χ2v) is 6.35. The molecule has 0 aliphatic carbocycles. The largest absolute Gasteiger partial charge is 0.673 e. The fraction of sp³-hybridized carbons (Fsp3) is 0. The SMILES string of the molecule is Clc1ccc2c(c1)-c1cccc3oc(-c4ccccc4)c-2[n+]13.F[B-](F)(F)F. The van der Waals surface area contributed by atoms with Gasteiger partial charge in [0.15, 0.2) is 0 Å². The van der Waals surface area contributed by atoms with E-state index in [4.69, 9.17) is 16.0 Å². The van der Waals surface area contributed by atoms with Crippen molar-refractivity contribution in [2.24, 2.45) is 0 Å². The van der Waals surface area contributed by atoms with Gasteiger partial charge in [0.1, 0.15) is 0 Å². The molecule has 0 atom stereocenters. The first-order valence-corrected chi connectivity index (χ1v) is 8.41. The van der Waals surface area contributed by atoms with Gasteiger partial charge in [0.05, 0.1) is 17.2 Å². The third-order valence-corrected chi connectivity index (χ3v) is 4.38. The Morgan fingerprint density at radius 1 is 0.815 bits per heavy atom. The normalized spacial score (nSPS) is 11.9. The molecule has 27 heavy (non-hydrogen) atoms. The summed E-state index contributed by atoms with van der Waals surface area (Å²) in [6.45, 7) is 0. The number of fused-ring (bicyclic) bond motifs is 3. The first kappa shape index (κ1) is 17.6. The number of hydrogen-bond acceptors (Lipinski definition) is 1. The van der Waals surface area contributed by atoms with Crippen molar-refractivity contribution in [3.8, 4) is 33.8 Å². The van der Waals surface area contributed by atoms with E-state index in [-0.39, 0.29) is 0 Å². The van der Waals surface area contributed by atoms with Crippen LogP contribution in [-0.2, 0) is 0 Å². The molecule has 2 nitrogen and oxygen atoms in total. The van der Waals surface area contributed by atoms with Crippen LogP contribution in [0.1, 0.15) is 0 Å². The van der Waals surface area contributed by atoms with E-state index in [1.807, 2.05) is 42.5 Å². The molecule has 2 aromatic carbocycles. The van der Waals surface area contributed by atoms with E-state index in [9.17, 15) is 17.3 Å². The van der Waals surface area contributed by atoms with Gasteiger partial charge in [-0.1, -0.05) is 41.9 Å². The molecule has 136 valence electrons. The highest BCUT2D eigenvalue weighted by molar-refractivity contribution is 6.50. The number of pyridine rings is 1. The maximum absolute atomic E-state index is 9.75. The van der Waals surface area contributed by atoms with Gasteiger partial charge in [-0.05, 0) is 24.3 Å². The summed E-state index contributed by atoms with van der Waals surface area (Å²) in [4.78, 5) is 0. The van der Waals surface area contributed by atoms with Crippen molar-refractivity contribution >= 4 is 24.6 Å². The van der Waals surface area contributed by atoms with Gasteiger partial charge in [-0.2, -0.15) is 0 Å². The summed E-state index contributed by atoms with van der Waals surface area (Å²) in [5.74, 6) is 0.897. The van der Waals surface area contributed by atoms with Crippen LogP contribution in [0.25, 0.3) is 39.6 Å². The van der Waals surface area contributed by atoms with Crippen LogP contribution in [0.5, 0.6) is 0 Å². The molecule has 0 fully saturated rings. The second-order valence-electron chi connectivity index (χ2n) is 5.92. The minimum absolute atomic E-state index is 0.750. The number of aromatic nitrogens is 1. The summed E-state index contributed by atoms with van der Waals surface area (Å²) in [6.07, 6.45) is 0. The van der Waals surface area contributed by atoms with Crippen molar-refractivity contribution < 1.29 is 26.1 Å². The Kier molecular flexibility index (Phi) is 4.19. The van der Waals surface area contributed by atoms with Crippen molar-refractivity contribution in [2.45, 2.75) is 0 Å². The number of nitrogens with zero attached hydrogens (tertiary/aromatic N) is 1. The van der Waals surface area contributed by atoms with E-state index in [0.717, 1.165) is 44.6 Å². The van der Waals surface area contributed by atoms with Crippen molar-refractivity contribution in [2.75, 3.05) is 0 Å². The Balaban J connectivity index is 0.000000323. The van der Waals surface area contributed by atoms with Crippen molar-refractivity contribution in [3.05, 3.63) is 71.8 Å². The maximum Gasteiger partial charge on any atom is 0.673 e. The Hall–Kier alpha value is -2.80. The minimum atomic E-state index is -6.00. The van der Waals surface area contributed by atoms with Crippen LogP contribution in [0.3, 0.4) is 0 Å². The lowest BCUT2D eigenvalue weighted by molar-refractivity contribution is -0.485. The van der Waals surface area contributed by atoms with Gasteiger partial charge >= 0.3 is 13.0 Å². The molecule has 0 saturated heterocycles. The molecule has 1 aliphatic heterocycles. The molecule has 0 spiro atoms. The first-order chi connectivity index (χ1) is 12.8. The fourth-order valence-electron chi connectivity index (χ4n) is 3.23. The number of hydrogen-bond donors (Lipinski definition) is 0. The molecule has 2 aromatic heterocycles. The maximum atomic E-state index is 9.75. The summed E-state index contributed by atoms with van der Waals surface area (Å²) in [5.41, 5.74) is 6.46. The van der Waals surface area contributed by atoms with Crippen LogP contribution in [0.15, 0.2) is 71.1 Å². The molecule has 5 rings (SSSR count). The molecular formula is C19H11BClF4NO. The van der Waals surface area contributed by atoms with Crippen molar-refractivity contribution in [1.29, 1.82) is 0 Å². The zero-order valence-electron chi connectivity index (χ0n) is 13.7. The van der Waals surface area contributed by atoms with E-state index >= 15 is 0 Å². The van der Waals surface area contributed by atoms with Gasteiger partial charge in [0.2, 0.25) is 11.5 Å². The Morgan fingerprint density at radius 3 is 2.22 bits per heavy atom. The molecule has 3 heterocycles. The molecule has 0 amide bonds. The minimum Gasteiger partial charge on any atom is -0.418 e. The highest BCUT2D eigenvalue weighted by Crippen LogP contribution is 2.42. The van der Waals surface area contributed by atoms with Gasteiger partial charge in [0, 0.05) is 16.7 Å². The average molecular weight is 392 g/mol. The lowest BCUT2D eigenvalue weighted by Gasteiger charge is -1.98. The highest BCUT2D eigenvalue weighted by atomic mass is 35.5. The molecule has 0 bridgehead atoms. The lowest BCUT2D eigenvalue weighted by atomic mass is 10.0. The lowest BCUT2D eigenvalue weighted by Crippen LogP contribution is -2.20. The van der Waals surface area contributed by atoms with Gasteiger partial charge in [-0.15, -0.1) is 4.40 Å². The Labute approximate surface area is 156 Å². The molecular weight excluding hydrogens is 380 g/mol. The zero-order valence-corrected chi connectivity index (χ0v) is 14.4.